The van der Waals surface area contributed by atoms with Gasteiger partial charge < -0.3 is 20.0 Å². The van der Waals surface area contributed by atoms with Crippen molar-refractivity contribution in [2.75, 3.05) is 50.7 Å². The van der Waals surface area contributed by atoms with Crippen LogP contribution in [-0.4, -0.2) is 88.7 Å². The van der Waals surface area contributed by atoms with Crippen LogP contribution in [0.2, 0.25) is 0 Å². The second-order valence-corrected chi connectivity index (χ2v) is 12.0. The normalized spacial score (nSPS) is 15.8. The molecule has 2 aliphatic rings. The van der Waals surface area contributed by atoms with Crippen molar-refractivity contribution in [3.63, 3.8) is 0 Å². The lowest BCUT2D eigenvalue weighted by atomic mass is 9.87. The van der Waals surface area contributed by atoms with Crippen molar-refractivity contribution in [1.29, 1.82) is 0 Å². The van der Waals surface area contributed by atoms with E-state index in [2.05, 4.69) is 21.7 Å². The van der Waals surface area contributed by atoms with Gasteiger partial charge >= 0.3 is 11.9 Å². The number of likely N-dealkylation sites (tertiary alicyclic amines) is 1. The summed E-state index contributed by atoms with van der Waals surface area (Å²) in [7, 11) is 0. The van der Waals surface area contributed by atoms with Crippen LogP contribution in [0.25, 0.3) is 0 Å². The summed E-state index contributed by atoms with van der Waals surface area (Å²) in [6, 6.07) is 17.1. The fourth-order valence-corrected chi connectivity index (χ4v) is 5.96. The topological polar surface area (TPSA) is 114 Å². The molecule has 2 aromatic carbocycles. The van der Waals surface area contributed by atoms with Crippen molar-refractivity contribution in [2.24, 2.45) is 5.92 Å². The minimum Gasteiger partial charge on any atom is -0.478 e. The molecule has 47 heavy (non-hydrogen) atoms. The molecule has 0 bridgehead atoms. The third kappa shape index (κ3) is 10.7. The Morgan fingerprint density at radius 2 is 1.36 bits per heavy atom. The van der Waals surface area contributed by atoms with Gasteiger partial charge in [-0.05, 0) is 85.7 Å². The Kier molecular flexibility index (Phi) is 13.0. The second-order valence-electron chi connectivity index (χ2n) is 12.0. The van der Waals surface area contributed by atoms with Gasteiger partial charge in [-0.15, -0.1) is 0 Å². The Morgan fingerprint density at radius 3 is 1.87 bits per heavy atom. The number of carboxylic acids is 2. The van der Waals surface area contributed by atoms with Crippen LogP contribution in [0.4, 0.5) is 14.6 Å². The van der Waals surface area contributed by atoms with Gasteiger partial charge in [0.05, 0.1) is 5.56 Å². The molecule has 250 valence electrons. The summed E-state index contributed by atoms with van der Waals surface area (Å²) in [5.74, 6) is -1.35. The molecule has 9 nitrogen and oxygen atoms in total. The highest BCUT2D eigenvalue weighted by atomic mass is 19.1. The minimum absolute atomic E-state index is 0.0901. The largest absolute Gasteiger partial charge is 0.478 e. The van der Waals surface area contributed by atoms with Crippen LogP contribution >= 0.6 is 0 Å². The Labute approximate surface area is 274 Å². The quantitative estimate of drug-likeness (QED) is 0.270. The Morgan fingerprint density at radius 1 is 0.830 bits per heavy atom. The number of rotatable bonds is 10. The summed E-state index contributed by atoms with van der Waals surface area (Å²) < 4.78 is 27.1. The van der Waals surface area contributed by atoms with Gasteiger partial charge in [-0.3, -0.25) is 9.69 Å². The van der Waals surface area contributed by atoms with Crippen LogP contribution < -0.4 is 4.90 Å². The predicted molar refractivity (Wildman–Crippen MR) is 175 cm³/mol. The second kappa shape index (κ2) is 17.3. The number of amides is 1. The standard InChI is InChI=1S/C32H38F2N4O.C4H4O4/c1-24-14-18-38(19-15-24)32(39)30-4-2-16-35-31(30)37-22-20-36(21-23-37)17-3-5-29(25-6-10-27(33)11-7-25)26-8-12-28(34)13-9-26;5-3(6)1-2-4(7)8/h2,4,6-13,16,24,29H,3,5,14-15,17-23H2,1H3;1-2H,(H,5,6)(H,7,8)/b;2-1+. The molecule has 3 heterocycles. The molecule has 0 saturated carbocycles. The fourth-order valence-electron chi connectivity index (χ4n) is 5.96. The smallest absolute Gasteiger partial charge is 0.328 e. The molecule has 2 N–H and O–H groups in total. The van der Waals surface area contributed by atoms with Crippen LogP contribution in [0.15, 0.2) is 79.0 Å². The Hall–Kier alpha value is -4.64. The van der Waals surface area contributed by atoms with Crippen molar-refractivity contribution >= 4 is 23.7 Å². The number of hydrogen-bond donors (Lipinski definition) is 2. The monoisotopic (exact) mass is 648 g/mol. The number of anilines is 1. The van der Waals surface area contributed by atoms with Crippen molar-refractivity contribution in [3.05, 3.63) is 107 Å². The molecule has 2 fully saturated rings. The number of halogens is 2. The maximum absolute atomic E-state index is 13.5. The highest BCUT2D eigenvalue weighted by molar-refractivity contribution is 5.99. The van der Waals surface area contributed by atoms with E-state index in [-0.39, 0.29) is 23.5 Å². The molecule has 1 amide bonds. The van der Waals surface area contributed by atoms with E-state index < -0.39 is 11.9 Å². The first-order chi connectivity index (χ1) is 22.6. The number of benzene rings is 2. The fraction of sp³-hybridized carbons (Fsp3) is 0.389. The van der Waals surface area contributed by atoms with Gasteiger partial charge in [0.15, 0.2) is 0 Å². The maximum Gasteiger partial charge on any atom is 0.328 e. The molecule has 2 saturated heterocycles. The summed E-state index contributed by atoms with van der Waals surface area (Å²) in [5.41, 5.74) is 2.80. The first-order valence-electron chi connectivity index (χ1n) is 16.0. The van der Waals surface area contributed by atoms with Crippen molar-refractivity contribution in [1.82, 2.24) is 14.8 Å². The first kappa shape index (κ1) is 35.2. The van der Waals surface area contributed by atoms with Gasteiger partial charge in [-0.1, -0.05) is 31.2 Å². The molecule has 1 aromatic heterocycles. The molecule has 0 unspecified atom stereocenters. The summed E-state index contributed by atoms with van der Waals surface area (Å²) in [6.45, 7) is 8.31. The highest BCUT2D eigenvalue weighted by Crippen LogP contribution is 2.30. The summed E-state index contributed by atoms with van der Waals surface area (Å²) >= 11 is 0. The Bertz CT molecular complexity index is 1440. The van der Waals surface area contributed by atoms with Crippen LogP contribution in [0, 0.1) is 17.6 Å². The van der Waals surface area contributed by atoms with Crippen LogP contribution in [0.3, 0.4) is 0 Å². The van der Waals surface area contributed by atoms with E-state index in [0.717, 1.165) is 88.4 Å². The number of nitrogens with zero attached hydrogens (tertiary/aromatic N) is 4. The van der Waals surface area contributed by atoms with E-state index >= 15 is 0 Å². The summed E-state index contributed by atoms with van der Waals surface area (Å²) in [6.07, 6.45) is 6.88. The average molecular weight is 649 g/mol. The molecule has 11 heteroatoms. The predicted octanol–water partition coefficient (Wildman–Crippen LogP) is 5.68. The minimum atomic E-state index is -1.26. The molecule has 0 spiro atoms. The number of carboxylic acid groups (broad SMARTS) is 2. The molecular weight excluding hydrogens is 606 g/mol. The lowest BCUT2D eigenvalue weighted by Gasteiger charge is -2.37. The number of hydrogen-bond acceptors (Lipinski definition) is 6. The van der Waals surface area contributed by atoms with Crippen LogP contribution in [0.1, 0.15) is 60.0 Å². The third-order valence-corrected chi connectivity index (χ3v) is 8.64. The van der Waals surface area contributed by atoms with Gasteiger partial charge in [0.2, 0.25) is 0 Å². The molecule has 3 aromatic rings. The number of piperidine rings is 1. The van der Waals surface area contributed by atoms with Crippen LogP contribution in [0.5, 0.6) is 0 Å². The zero-order valence-electron chi connectivity index (χ0n) is 26.6. The summed E-state index contributed by atoms with van der Waals surface area (Å²) in [5, 5.41) is 15.6. The van der Waals surface area contributed by atoms with Crippen molar-refractivity contribution in [2.45, 2.75) is 38.5 Å². The van der Waals surface area contributed by atoms with Gasteiger partial charge in [-0.2, -0.15) is 0 Å². The van der Waals surface area contributed by atoms with E-state index in [0.29, 0.717) is 23.6 Å². The van der Waals surface area contributed by atoms with Crippen LogP contribution in [-0.2, 0) is 9.59 Å². The number of aromatic nitrogens is 1. The Balaban J connectivity index is 0.000000555. The molecular formula is C36H42F2N4O5. The van der Waals surface area contributed by atoms with E-state index in [1.807, 2.05) is 41.3 Å². The molecule has 0 radical (unpaired) electrons. The number of pyridine rings is 1. The van der Waals surface area contributed by atoms with E-state index in [4.69, 9.17) is 10.2 Å². The SMILES string of the molecule is CC1CCN(C(=O)c2cccnc2N2CCN(CCCC(c3ccc(F)cc3)c3ccc(F)cc3)CC2)CC1.O=C(O)/C=C/C(=O)O. The molecule has 5 rings (SSSR count). The van der Waals surface area contributed by atoms with E-state index in [9.17, 15) is 23.2 Å². The lowest BCUT2D eigenvalue weighted by molar-refractivity contribution is -0.134. The van der Waals surface area contributed by atoms with Gasteiger partial charge in [0, 0.05) is 63.5 Å². The number of aliphatic carboxylic acids is 2. The highest BCUT2D eigenvalue weighted by Gasteiger charge is 2.27. The van der Waals surface area contributed by atoms with Gasteiger partial charge in [-0.25, -0.2) is 23.4 Å². The number of carbonyl (C=O) groups is 3. The zero-order valence-corrected chi connectivity index (χ0v) is 26.6. The maximum atomic E-state index is 13.5. The zero-order chi connectivity index (χ0) is 33.8. The van der Waals surface area contributed by atoms with Crippen molar-refractivity contribution in [3.8, 4) is 0 Å². The molecule has 0 aliphatic carbocycles. The van der Waals surface area contributed by atoms with Gasteiger partial charge in [0.1, 0.15) is 17.5 Å². The first-order valence-corrected chi connectivity index (χ1v) is 16.0. The summed E-state index contributed by atoms with van der Waals surface area (Å²) in [4.78, 5) is 43.7. The van der Waals surface area contributed by atoms with Crippen molar-refractivity contribution < 1.29 is 33.4 Å². The average Bonchev–Trinajstić information content (AvgIpc) is 3.07. The number of piperazine rings is 1. The van der Waals surface area contributed by atoms with Gasteiger partial charge in [0.25, 0.3) is 5.91 Å². The third-order valence-electron chi connectivity index (χ3n) is 8.64. The molecule has 0 atom stereocenters. The van der Waals surface area contributed by atoms with E-state index in [1.165, 1.54) is 24.3 Å². The van der Waals surface area contributed by atoms with E-state index in [1.54, 1.807) is 6.20 Å². The number of carbonyl (C=O) groups excluding carboxylic acids is 1. The lowest BCUT2D eigenvalue weighted by Crippen LogP contribution is -2.47. The molecule has 2 aliphatic heterocycles.